The normalized spacial score (nSPS) is 14.7. The molecule has 8 heteroatoms. The molecular formula is C18H16F2N4O2. The third-order valence-electron chi connectivity index (χ3n) is 4.39. The number of halogens is 2. The van der Waals surface area contributed by atoms with Crippen LogP contribution in [0.15, 0.2) is 30.5 Å². The van der Waals surface area contributed by atoms with Crippen LogP contribution in [0.5, 0.6) is 0 Å². The molecule has 1 saturated heterocycles. The standard InChI is InChI=1S/C18H16F2N4O2/c19-15-9-11(1-2-12(15)10-21)14-3-6-22-17(16(14)20)24-7-4-13(5-8-24)23-18(25)26/h1-3,6,9,13,23H,4-5,7-8H2,(H,25,26). The average molecular weight is 358 g/mol. The van der Waals surface area contributed by atoms with E-state index in [0.29, 0.717) is 31.5 Å². The van der Waals surface area contributed by atoms with Crippen LogP contribution in [0.25, 0.3) is 11.1 Å². The lowest BCUT2D eigenvalue weighted by atomic mass is 10.0. The minimum atomic E-state index is -1.07. The SMILES string of the molecule is N#Cc1ccc(-c2ccnc(N3CCC(NC(=O)O)CC3)c2F)cc1F. The second kappa shape index (κ2) is 7.35. The first-order valence-corrected chi connectivity index (χ1v) is 8.08. The van der Waals surface area contributed by atoms with E-state index in [1.54, 1.807) is 11.0 Å². The van der Waals surface area contributed by atoms with Crippen molar-refractivity contribution in [3.63, 3.8) is 0 Å². The molecule has 0 aliphatic carbocycles. The Hall–Kier alpha value is -3.21. The number of rotatable bonds is 3. The monoisotopic (exact) mass is 358 g/mol. The van der Waals surface area contributed by atoms with E-state index in [-0.39, 0.29) is 23.0 Å². The first kappa shape index (κ1) is 17.6. The lowest BCUT2D eigenvalue weighted by Gasteiger charge is -2.33. The number of carboxylic acid groups (broad SMARTS) is 1. The molecule has 0 atom stereocenters. The predicted octanol–water partition coefficient (Wildman–Crippen LogP) is 3.13. The van der Waals surface area contributed by atoms with E-state index in [2.05, 4.69) is 10.3 Å². The van der Waals surface area contributed by atoms with Crippen molar-refractivity contribution in [1.29, 1.82) is 5.26 Å². The van der Waals surface area contributed by atoms with Gasteiger partial charge in [-0.1, -0.05) is 6.07 Å². The molecule has 134 valence electrons. The quantitative estimate of drug-likeness (QED) is 0.880. The van der Waals surface area contributed by atoms with E-state index in [9.17, 15) is 13.6 Å². The smallest absolute Gasteiger partial charge is 0.404 e. The zero-order valence-electron chi connectivity index (χ0n) is 13.7. The van der Waals surface area contributed by atoms with Crippen molar-refractivity contribution in [1.82, 2.24) is 10.3 Å². The molecule has 0 bridgehead atoms. The Morgan fingerprint density at radius 3 is 2.65 bits per heavy atom. The molecule has 0 spiro atoms. The van der Waals surface area contributed by atoms with Crippen LogP contribution >= 0.6 is 0 Å². The Bertz CT molecular complexity index is 874. The van der Waals surface area contributed by atoms with Gasteiger partial charge in [0.2, 0.25) is 0 Å². The summed E-state index contributed by atoms with van der Waals surface area (Å²) in [5, 5.41) is 20.0. The average Bonchev–Trinajstić information content (AvgIpc) is 2.62. The predicted molar refractivity (Wildman–Crippen MR) is 90.7 cm³/mol. The second-order valence-corrected chi connectivity index (χ2v) is 6.01. The number of carbonyl (C=O) groups is 1. The number of pyridine rings is 1. The van der Waals surface area contributed by atoms with Crippen molar-refractivity contribution < 1.29 is 18.7 Å². The highest BCUT2D eigenvalue weighted by Crippen LogP contribution is 2.30. The van der Waals surface area contributed by atoms with Gasteiger partial charge in [-0.05, 0) is 36.6 Å². The van der Waals surface area contributed by atoms with Gasteiger partial charge in [-0.25, -0.2) is 18.6 Å². The van der Waals surface area contributed by atoms with Crippen molar-refractivity contribution in [2.24, 2.45) is 0 Å². The van der Waals surface area contributed by atoms with Crippen molar-refractivity contribution in [2.45, 2.75) is 18.9 Å². The molecule has 1 fully saturated rings. The molecule has 6 nitrogen and oxygen atoms in total. The van der Waals surface area contributed by atoms with Gasteiger partial charge in [0.05, 0.1) is 5.56 Å². The van der Waals surface area contributed by atoms with E-state index in [1.165, 1.54) is 24.4 Å². The lowest BCUT2D eigenvalue weighted by molar-refractivity contribution is 0.187. The number of benzene rings is 1. The number of piperidine rings is 1. The van der Waals surface area contributed by atoms with Gasteiger partial charge in [0.25, 0.3) is 0 Å². The number of nitriles is 1. The fraction of sp³-hybridized carbons (Fsp3) is 0.278. The van der Waals surface area contributed by atoms with Crippen LogP contribution in [0.3, 0.4) is 0 Å². The maximum Gasteiger partial charge on any atom is 0.404 e. The highest BCUT2D eigenvalue weighted by molar-refractivity contribution is 5.69. The molecule has 0 unspecified atom stereocenters. The minimum Gasteiger partial charge on any atom is -0.465 e. The van der Waals surface area contributed by atoms with Crippen molar-refractivity contribution in [2.75, 3.05) is 18.0 Å². The molecule has 1 aromatic carbocycles. The van der Waals surface area contributed by atoms with Crippen LogP contribution in [-0.2, 0) is 0 Å². The first-order valence-electron chi connectivity index (χ1n) is 8.08. The summed E-state index contributed by atoms with van der Waals surface area (Å²) < 4.78 is 28.8. The molecule has 0 saturated carbocycles. The Morgan fingerprint density at radius 2 is 2.04 bits per heavy atom. The number of hydrogen-bond acceptors (Lipinski definition) is 4. The van der Waals surface area contributed by atoms with Gasteiger partial charge < -0.3 is 15.3 Å². The summed E-state index contributed by atoms with van der Waals surface area (Å²) in [6.45, 7) is 0.917. The molecule has 1 aliphatic heterocycles. The molecule has 2 aromatic rings. The Morgan fingerprint density at radius 1 is 1.31 bits per heavy atom. The summed E-state index contributed by atoms with van der Waals surface area (Å²) >= 11 is 0. The topological polar surface area (TPSA) is 89.3 Å². The van der Waals surface area contributed by atoms with Crippen LogP contribution in [0.2, 0.25) is 0 Å². The van der Waals surface area contributed by atoms with Crippen molar-refractivity contribution in [3.05, 3.63) is 47.7 Å². The second-order valence-electron chi connectivity index (χ2n) is 6.01. The fourth-order valence-electron chi connectivity index (χ4n) is 3.06. The molecule has 2 N–H and O–H groups in total. The van der Waals surface area contributed by atoms with Crippen LogP contribution in [-0.4, -0.2) is 35.3 Å². The first-order chi connectivity index (χ1) is 12.5. The highest BCUT2D eigenvalue weighted by atomic mass is 19.1. The molecule has 0 radical (unpaired) electrons. The summed E-state index contributed by atoms with van der Waals surface area (Å²) in [6, 6.07) is 6.96. The largest absolute Gasteiger partial charge is 0.465 e. The van der Waals surface area contributed by atoms with E-state index in [0.717, 1.165) is 6.07 Å². The van der Waals surface area contributed by atoms with E-state index >= 15 is 0 Å². The van der Waals surface area contributed by atoms with Gasteiger partial charge in [0, 0.05) is 30.9 Å². The molecule has 1 aliphatic rings. The van der Waals surface area contributed by atoms with Crippen LogP contribution in [0.1, 0.15) is 18.4 Å². The van der Waals surface area contributed by atoms with E-state index in [1.807, 2.05) is 0 Å². The molecule has 1 aromatic heterocycles. The van der Waals surface area contributed by atoms with Gasteiger partial charge in [0.1, 0.15) is 11.9 Å². The summed E-state index contributed by atoms with van der Waals surface area (Å²) in [4.78, 5) is 16.5. The van der Waals surface area contributed by atoms with Crippen molar-refractivity contribution >= 4 is 11.9 Å². The molecule has 26 heavy (non-hydrogen) atoms. The zero-order valence-corrected chi connectivity index (χ0v) is 13.7. The molecular weight excluding hydrogens is 342 g/mol. The molecule has 2 heterocycles. The molecule has 1 amide bonds. The maximum atomic E-state index is 15.0. The van der Waals surface area contributed by atoms with Crippen molar-refractivity contribution in [3.8, 4) is 17.2 Å². The lowest BCUT2D eigenvalue weighted by Crippen LogP contribution is -2.44. The third-order valence-corrected chi connectivity index (χ3v) is 4.39. The minimum absolute atomic E-state index is 0.101. The highest BCUT2D eigenvalue weighted by Gasteiger charge is 2.24. The van der Waals surface area contributed by atoms with Gasteiger partial charge in [-0.2, -0.15) is 5.26 Å². The van der Waals surface area contributed by atoms with Crippen LogP contribution in [0.4, 0.5) is 19.4 Å². The van der Waals surface area contributed by atoms with Gasteiger partial charge in [-0.15, -0.1) is 0 Å². The fourth-order valence-corrected chi connectivity index (χ4v) is 3.06. The van der Waals surface area contributed by atoms with Crippen LogP contribution < -0.4 is 10.2 Å². The van der Waals surface area contributed by atoms with Crippen LogP contribution in [0, 0.1) is 23.0 Å². The summed E-state index contributed by atoms with van der Waals surface area (Å²) in [7, 11) is 0. The summed E-state index contributed by atoms with van der Waals surface area (Å²) in [6.07, 6.45) is 1.47. The Balaban J connectivity index is 1.83. The number of nitrogens with zero attached hydrogens (tertiary/aromatic N) is 3. The Kier molecular flexibility index (Phi) is 4.98. The van der Waals surface area contributed by atoms with Gasteiger partial charge in [0.15, 0.2) is 11.6 Å². The number of amides is 1. The maximum absolute atomic E-state index is 15.0. The number of nitrogens with one attached hydrogen (secondary N) is 1. The van der Waals surface area contributed by atoms with E-state index in [4.69, 9.17) is 10.4 Å². The number of hydrogen-bond donors (Lipinski definition) is 2. The number of anilines is 1. The summed E-state index contributed by atoms with van der Waals surface area (Å²) in [5.41, 5.74) is 0.422. The summed E-state index contributed by atoms with van der Waals surface area (Å²) in [5.74, 6) is -1.12. The van der Waals surface area contributed by atoms with Gasteiger partial charge >= 0.3 is 6.09 Å². The number of aromatic nitrogens is 1. The van der Waals surface area contributed by atoms with Gasteiger partial charge in [-0.3, -0.25) is 0 Å². The third kappa shape index (κ3) is 3.57. The Labute approximate surface area is 148 Å². The zero-order chi connectivity index (χ0) is 18.7. The van der Waals surface area contributed by atoms with E-state index < -0.39 is 17.7 Å². The molecule has 3 rings (SSSR count).